The van der Waals surface area contributed by atoms with E-state index in [9.17, 15) is 0 Å². The molecule has 0 aromatic heterocycles. The molecule has 0 saturated carbocycles. The Morgan fingerprint density at radius 2 is 1.67 bits per heavy atom. The molecule has 1 rings (SSSR count). The van der Waals surface area contributed by atoms with E-state index in [1.165, 1.54) is 0 Å². The van der Waals surface area contributed by atoms with Crippen molar-refractivity contribution in [2.24, 2.45) is 10.8 Å². The fourth-order valence-corrected chi connectivity index (χ4v) is 1.13. The van der Waals surface area contributed by atoms with Gasteiger partial charge in [-0.1, -0.05) is 0 Å². The van der Waals surface area contributed by atoms with Crippen molar-refractivity contribution >= 4 is 4.73 Å². The summed E-state index contributed by atoms with van der Waals surface area (Å²) in [4.78, 5) is 0. The van der Waals surface area contributed by atoms with E-state index in [1.807, 2.05) is 0 Å². The van der Waals surface area contributed by atoms with Gasteiger partial charge in [-0.2, -0.15) is 6.92 Å². The SMILES string of the molecule is CC(C)([CH]=[V])C1(C)C=C1.[CH2-]C.[W]. The van der Waals surface area contributed by atoms with Crippen LogP contribution < -0.4 is 0 Å². The summed E-state index contributed by atoms with van der Waals surface area (Å²) in [5.74, 6) is 0. The maximum Gasteiger partial charge on any atom is 0 e. The van der Waals surface area contributed by atoms with Crippen molar-refractivity contribution in [2.45, 2.75) is 27.7 Å². The normalized spacial score (nSPS) is 16.7. The van der Waals surface area contributed by atoms with Crippen molar-refractivity contribution in [1.29, 1.82) is 0 Å². The molecule has 2 heteroatoms. The Labute approximate surface area is 100.0 Å². The minimum absolute atomic E-state index is 0. The Morgan fingerprint density at radius 1 is 1.33 bits per heavy atom. The third-order valence-electron chi connectivity index (χ3n) is 2.38. The molecule has 1 aliphatic rings. The average Bonchev–Trinajstić information content (AvgIpc) is 2.74. The standard InChI is InChI=1S/C8H12.C2H5.V.W/c1-7(2,3)8(4)5-6-8;1-2;;/h1,5-6H,2-4H3;1H2,2H3;;/q;-1;;. The average molecular weight is 372 g/mol. The second-order valence-corrected chi connectivity index (χ2v) is 3.87. The summed E-state index contributed by atoms with van der Waals surface area (Å²) in [7, 11) is 0. The number of allylic oxidation sites excluding steroid dienone is 2. The molecule has 0 saturated heterocycles. The van der Waals surface area contributed by atoms with Crippen LogP contribution in [0.1, 0.15) is 27.7 Å². The van der Waals surface area contributed by atoms with E-state index in [1.54, 1.807) is 6.92 Å². The van der Waals surface area contributed by atoms with Crippen LogP contribution >= 0.6 is 0 Å². The van der Waals surface area contributed by atoms with Gasteiger partial charge in [-0.3, -0.25) is 0 Å². The van der Waals surface area contributed by atoms with Crippen molar-refractivity contribution in [1.82, 2.24) is 0 Å². The monoisotopic (exact) mass is 372 g/mol. The van der Waals surface area contributed by atoms with Gasteiger partial charge in [0.15, 0.2) is 0 Å². The molecule has 0 fully saturated rings. The molecule has 0 radical (unpaired) electrons. The maximum absolute atomic E-state index is 3.25. The molecule has 0 N–H and O–H groups in total. The van der Waals surface area contributed by atoms with Crippen LogP contribution in [0.4, 0.5) is 0 Å². The van der Waals surface area contributed by atoms with E-state index in [-0.39, 0.29) is 21.1 Å². The Hall–Kier alpha value is 0.883. The Balaban J connectivity index is 0. The summed E-state index contributed by atoms with van der Waals surface area (Å²) in [6.45, 7) is 11.8. The van der Waals surface area contributed by atoms with Gasteiger partial charge in [0.05, 0.1) is 0 Å². The molecule has 69 valence electrons. The summed E-state index contributed by atoms with van der Waals surface area (Å²) >= 11 is 2.55. The largest absolute Gasteiger partial charge is 0.346 e. The molecule has 0 aromatic rings. The molecule has 0 aromatic carbocycles. The second-order valence-electron chi connectivity index (χ2n) is 3.47. The summed E-state index contributed by atoms with van der Waals surface area (Å²) in [6.07, 6.45) is 4.52. The molecule has 0 aliphatic heterocycles. The number of hydrogen-bond acceptors (Lipinski definition) is 0. The van der Waals surface area contributed by atoms with E-state index < -0.39 is 0 Å². The fourth-order valence-electron chi connectivity index (χ4n) is 0.694. The quantitative estimate of drug-likeness (QED) is 0.517. The minimum Gasteiger partial charge on any atom is -0.346 e. The Bertz CT molecular complexity index is 165. The van der Waals surface area contributed by atoms with Gasteiger partial charge in [0, 0.05) is 21.1 Å². The van der Waals surface area contributed by atoms with Gasteiger partial charge in [-0.25, -0.2) is 0 Å². The Kier molecular flexibility index (Phi) is 7.14. The zero-order chi connectivity index (χ0) is 9.12. The van der Waals surface area contributed by atoms with Crippen molar-refractivity contribution in [2.75, 3.05) is 0 Å². The predicted molar refractivity (Wildman–Crippen MR) is 48.1 cm³/mol. The topological polar surface area (TPSA) is 0 Å². The second kappa shape index (κ2) is 5.58. The van der Waals surface area contributed by atoms with E-state index in [4.69, 9.17) is 0 Å². The summed E-state index contributed by atoms with van der Waals surface area (Å²) in [6, 6.07) is 0. The zero-order valence-electron chi connectivity index (χ0n) is 8.29. The molecule has 1 aliphatic carbocycles. The third kappa shape index (κ3) is 3.32. The van der Waals surface area contributed by atoms with E-state index in [0.717, 1.165) is 0 Å². The molecular weight excluding hydrogens is 355 g/mol. The first kappa shape index (κ1) is 15.4. The summed E-state index contributed by atoms with van der Waals surface area (Å²) < 4.78 is 2.21. The minimum atomic E-state index is 0. The van der Waals surface area contributed by atoms with E-state index in [2.05, 4.69) is 61.6 Å². The van der Waals surface area contributed by atoms with Crippen LogP contribution in [-0.4, -0.2) is 4.73 Å². The first-order valence-corrected chi connectivity index (χ1v) is 4.72. The van der Waals surface area contributed by atoms with Crippen molar-refractivity contribution in [3.63, 3.8) is 0 Å². The van der Waals surface area contributed by atoms with Gasteiger partial charge in [0.2, 0.25) is 0 Å². The van der Waals surface area contributed by atoms with Crippen LogP contribution in [0.2, 0.25) is 0 Å². The molecule has 0 heterocycles. The third-order valence-corrected chi connectivity index (χ3v) is 3.39. The zero-order valence-corrected chi connectivity index (χ0v) is 12.6. The summed E-state index contributed by atoms with van der Waals surface area (Å²) in [5.41, 5.74) is 0.701. The summed E-state index contributed by atoms with van der Waals surface area (Å²) in [5, 5.41) is 0. The molecular formula is C10H17VW-. The molecule has 12 heavy (non-hydrogen) atoms. The van der Waals surface area contributed by atoms with Gasteiger partial charge in [-0.05, 0) is 0 Å². The first-order valence-electron chi connectivity index (χ1n) is 3.91. The molecule has 0 unspecified atom stereocenters. The van der Waals surface area contributed by atoms with Crippen molar-refractivity contribution < 1.29 is 38.0 Å². The van der Waals surface area contributed by atoms with Gasteiger partial charge < -0.3 is 6.92 Å². The predicted octanol–water partition coefficient (Wildman–Crippen LogP) is 2.78. The molecule has 0 spiro atoms. The number of rotatable bonds is 2. The Morgan fingerprint density at radius 3 is 1.75 bits per heavy atom. The van der Waals surface area contributed by atoms with Crippen molar-refractivity contribution in [3.8, 4) is 0 Å². The van der Waals surface area contributed by atoms with Crippen LogP contribution in [0.3, 0.4) is 0 Å². The van der Waals surface area contributed by atoms with Crippen LogP contribution in [0, 0.1) is 17.8 Å². The van der Waals surface area contributed by atoms with Crippen molar-refractivity contribution in [3.05, 3.63) is 19.1 Å². The molecule has 0 atom stereocenters. The van der Waals surface area contributed by atoms with Gasteiger partial charge in [0.1, 0.15) is 0 Å². The van der Waals surface area contributed by atoms with Crippen LogP contribution in [-0.2, 0) is 38.0 Å². The van der Waals surface area contributed by atoms with E-state index >= 15 is 0 Å². The number of hydrogen-bond donors (Lipinski definition) is 0. The van der Waals surface area contributed by atoms with Crippen LogP contribution in [0.15, 0.2) is 12.2 Å². The van der Waals surface area contributed by atoms with Crippen LogP contribution in [0.25, 0.3) is 0 Å². The van der Waals surface area contributed by atoms with Gasteiger partial charge in [0.25, 0.3) is 0 Å². The molecule has 0 nitrogen and oxygen atoms in total. The fraction of sp³-hybridized carbons (Fsp3) is 0.600. The van der Waals surface area contributed by atoms with Crippen LogP contribution in [0.5, 0.6) is 0 Å². The molecule has 0 bridgehead atoms. The smallest absolute Gasteiger partial charge is 0 e. The first-order chi connectivity index (χ1) is 5.02. The molecule has 0 amide bonds. The maximum atomic E-state index is 3.25. The van der Waals surface area contributed by atoms with Gasteiger partial charge in [-0.15, -0.1) is 0 Å². The van der Waals surface area contributed by atoms with E-state index in [0.29, 0.717) is 10.8 Å². The van der Waals surface area contributed by atoms with Gasteiger partial charge >= 0.3 is 65.5 Å².